The number of furan rings is 1. The van der Waals surface area contributed by atoms with Gasteiger partial charge in [0.2, 0.25) is 0 Å². The van der Waals surface area contributed by atoms with Gasteiger partial charge in [-0.1, -0.05) is 0 Å². The topological polar surface area (TPSA) is 45.9 Å². The number of piperazine rings is 1. The van der Waals surface area contributed by atoms with E-state index in [1.165, 1.54) is 26.3 Å². The molecule has 0 unspecified atom stereocenters. The molecule has 0 aliphatic carbocycles. The van der Waals surface area contributed by atoms with E-state index in [0.29, 0.717) is 11.8 Å². The van der Waals surface area contributed by atoms with E-state index in [2.05, 4.69) is 16.7 Å². The van der Waals surface area contributed by atoms with E-state index in [1.807, 2.05) is 12.1 Å². The molecule has 0 radical (unpaired) electrons. The van der Waals surface area contributed by atoms with E-state index < -0.39 is 0 Å². The van der Waals surface area contributed by atoms with E-state index in [1.54, 1.807) is 0 Å². The van der Waals surface area contributed by atoms with Gasteiger partial charge in [0.1, 0.15) is 18.1 Å². The highest BCUT2D eigenvalue weighted by atomic mass is 16.5. The van der Waals surface area contributed by atoms with E-state index in [4.69, 9.17) is 9.15 Å². The van der Waals surface area contributed by atoms with Gasteiger partial charge in [0.15, 0.2) is 0 Å². The first-order chi connectivity index (χ1) is 10.1. The molecule has 2 aliphatic rings. The van der Waals surface area contributed by atoms with Crippen molar-refractivity contribution in [2.45, 2.75) is 51.9 Å². The van der Waals surface area contributed by atoms with Crippen molar-refractivity contribution in [2.75, 3.05) is 19.6 Å². The van der Waals surface area contributed by atoms with Crippen LogP contribution in [0.4, 0.5) is 0 Å². The molecule has 116 valence electrons. The molecule has 0 spiro atoms. The molecule has 2 atom stereocenters. The average molecular weight is 292 g/mol. The summed E-state index contributed by atoms with van der Waals surface area (Å²) in [6, 6.07) is 5.17. The Morgan fingerprint density at radius 1 is 1.38 bits per heavy atom. The minimum Gasteiger partial charge on any atom is -0.461 e. The smallest absolute Gasteiger partial charge is 0.303 e. The number of fused-ring (bicyclic) bond motifs is 1. The van der Waals surface area contributed by atoms with Gasteiger partial charge in [-0.25, -0.2) is 0 Å². The molecule has 5 nitrogen and oxygen atoms in total. The van der Waals surface area contributed by atoms with Crippen molar-refractivity contribution in [1.29, 1.82) is 0 Å². The summed E-state index contributed by atoms with van der Waals surface area (Å²) in [5.74, 6) is 1.39. The summed E-state index contributed by atoms with van der Waals surface area (Å²) >= 11 is 0. The summed E-state index contributed by atoms with van der Waals surface area (Å²) in [6.07, 6.45) is 2.65. The van der Waals surface area contributed by atoms with Gasteiger partial charge in [-0.05, 0) is 38.4 Å². The molecule has 0 amide bonds. The Hall–Kier alpha value is -1.33. The molecule has 0 bridgehead atoms. The highest BCUT2D eigenvalue weighted by molar-refractivity contribution is 5.65. The average Bonchev–Trinajstić information content (AvgIpc) is 3.06. The van der Waals surface area contributed by atoms with Crippen molar-refractivity contribution in [3.05, 3.63) is 23.7 Å². The summed E-state index contributed by atoms with van der Waals surface area (Å²) < 4.78 is 10.7. The molecule has 1 aromatic rings. The van der Waals surface area contributed by atoms with Crippen LogP contribution in [0.15, 0.2) is 16.5 Å². The highest BCUT2D eigenvalue weighted by Gasteiger charge is 2.34. The van der Waals surface area contributed by atoms with Crippen LogP contribution in [0.25, 0.3) is 0 Å². The van der Waals surface area contributed by atoms with Crippen LogP contribution in [-0.2, 0) is 22.7 Å². The number of carbonyl (C=O) groups is 1. The lowest BCUT2D eigenvalue weighted by Gasteiger charge is -2.41. The van der Waals surface area contributed by atoms with Crippen molar-refractivity contribution >= 4 is 5.97 Å². The molecular weight excluding hydrogens is 268 g/mol. The second kappa shape index (κ2) is 6.20. The predicted molar refractivity (Wildman–Crippen MR) is 78.6 cm³/mol. The molecule has 3 heterocycles. The number of esters is 1. The Labute approximate surface area is 125 Å². The molecule has 2 aliphatic heterocycles. The lowest BCUT2D eigenvalue weighted by molar-refractivity contribution is -0.142. The molecule has 0 aromatic carbocycles. The fourth-order valence-electron chi connectivity index (χ4n) is 3.43. The summed E-state index contributed by atoms with van der Waals surface area (Å²) in [5.41, 5.74) is 0. The predicted octanol–water partition coefficient (Wildman–Crippen LogP) is 2.01. The minimum atomic E-state index is -0.279. The normalized spacial score (nSPS) is 26.8. The molecule has 3 rings (SSSR count). The van der Waals surface area contributed by atoms with E-state index in [9.17, 15) is 4.79 Å². The standard InChI is InChI=1S/C16H24N2O3/c1-12-8-17-7-3-4-14(17)9-18(12)10-15-5-6-16(21-15)11-20-13(2)19/h5-6,12,14H,3-4,7-11H2,1-2H3/t12-,14+/m1/s1. The maximum absolute atomic E-state index is 10.8. The third-order valence-electron chi connectivity index (χ3n) is 4.56. The number of nitrogens with zero attached hydrogens (tertiary/aromatic N) is 2. The van der Waals surface area contributed by atoms with Gasteiger partial charge in [-0.3, -0.25) is 14.6 Å². The maximum Gasteiger partial charge on any atom is 0.303 e. The van der Waals surface area contributed by atoms with Crippen LogP contribution in [0.5, 0.6) is 0 Å². The molecule has 1 aromatic heterocycles. The van der Waals surface area contributed by atoms with E-state index >= 15 is 0 Å². The summed E-state index contributed by atoms with van der Waals surface area (Å²) in [4.78, 5) is 15.9. The van der Waals surface area contributed by atoms with Gasteiger partial charge in [-0.2, -0.15) is 0 Å². The van der Waals surface area contributed by atoms with E-state index in [-0.39, 0.29) is 12.6 Å². The number of hydrogen-bond donors (Lipinski definition) is 0. The Kier molecular flexibility index (Phi) is 4.31. The Morgan fingerprint density at radius 3 is 3.00 bits per heavy atom. The minimum absolute atomic E-state index is 0.224. The van der Waals surface area contributed by atoms with Crippen molar-refractivity contribution in [3.8, 4) is 0 Å². The van der Waals surface area contributed by atoms with Crippen LogP contribution >= 0.6 is 0 Å². The lowest BCUT2D eigenvalue weighted by atomic mass is 10.1. The van der Waals surface area contributed by atoms with Gasteiger partial charge in [0.05, 0.1) is 6.54 Å². The lowest BCUT2D eigenvalue weighted by Crippen LogP contribution is -2.54. The van der Waals surface area contributed by atoms with Gasteiger partial charge >= 0.3 is 5.97 Å². The third kappa shape index (κ3) is 3.47. The Balaban J connectivity index is 1.57. The van der Waals surface area contributed by atoms with Crippen LogP contribution in [0.1, 0.15) is 38.2 Å². The van der Waals surface area contributed by atoms with Crippen LogP contribution < -0.4 is 0 Å². The maximum atomic E-state index is 10.8. The molecule has 5 heteroatoms. The van der Waals surface area contributed by atoms with Crippen molar-refractivity contribution in [1.82, 2.24) is 9.80 Å². The monoisotopic (exact) mass is 292 g/mol. The molecule has 0 saturated carbocycles. The summed E-state index contributed by atoms with van der Waals surface area (Å²) in [6.45, 7) is 8.31. The third-order valence-corrected chi connectivity index (χ3v) is 4.56. The number of hydrogen-bond acceptors (Lipinski definition) is 5. The quantitative estimate of drug-likeness (QED) is 0.794. The van der Waals surface area contributed by atoms with Crippen LogP contribution in [0.3, 0.4) is 0 Å². The zero-order chi connectivity index (χ0) is 14.8. The number of rotatable bonds is 4. The van der Waals surface area contributed by atoms with Crippen LogP contribution in [-0.4, -0.2) is 47.5 Å². The first kappa shape index (κ1) is 14.6. The van der Waals surface area contributed by atoms with Gasteiger partial charge < -0.3 is 9.15 Å². The molecule has 0 N–H and O–H groups in total. The fourth-order valence-corrected chi connectivity index (χ4v) is 3.43. The second-order valence-electron chi connectivity index (χ2n) is 6.22. The zero-order valence-electron chi connectivity index (χ0n) is 12.9. The SMILES string of the molecule is CC(=O)OCc1ccc(CN2C[C@@H]3CCCN3C[C@H]2C)o1. The first-order valence-corrected chi connectivity index (χ1v) is 7.81. The Bertz CT molecular complexity index is 499. The molecule has 2 fully saturated rings. The van der Waals surface area contributed by atoms with Gasteiger partial charge in [0, 0.05) is 32.1 Å². The second-order valence-corrected chi connectivity index (χ2v) is 6.22. The van der Waals surface area contributed by atoms with Crippen molar-refractivity contribution < 1.29 is 13.9 Å². The largest absolute Gasteiger partial charge is 0.461 e. The molecular formula is C16H24N2O3. The summed E-state index contributed by atoms with van der Waals surface area (Å²) in [5, 5.41) is 0. The van der Waals surface area contributed by atoms with E-state index in [0.717, 1.165) is 31.4 Å². The Morgan fingerprint density at radius 2 is 2.19 bits per heavy atom. The summed E-state index contributed by atoms with van der Waals surface area (Å²) in [7, 11) is 0. The van der Waals surface area contributed by atoms with Crippen molar-refractivity contribution in [2.24, 2.45) is 0 Å². The van der Waals surface area contributed by atoms with Crippen LogP contribution in [0, 0.1) is 0 Å². The fraction of sp³-hybridized carbons (Fsp3) is 0.688. The number of ether oxygens (including phenoxy) is 1. The molecule has 21 heavy (non-hydrogen) atoms. The molecule has 2 saturated heterocycles. The zero-order valence-corrected chi connectivity index (χ0v) is 12.9. The van der Waals surface area contributed by atoms with Gasteiger partial charge in [-0.15, -0.1) is 0 Å². The van der Waals surface area contributed by atoms with Crippen molar-refractivity contribution in [3.63, 3.8) is 0 Å². The highest BCUT2D eigenvalue weighted by Crippen LogP contribution is 2.26. The van der Waals surface area contributed by atoms with Gasteiger partial charge in [0.25, 0.3) is 0 Å². The van der Waals surface area contributed by atoms with Crippen LogP contribution in [0.2, 0.25) is 0 Å². The first-order valence-electron chi connectivity index (χ1n) is 7.81. The number of carbonyl (C=O) groups excluding carboxylic acids is 1.